The van der Waals surface area contributed by atoms with Crippen LogP contribution >= 0.6 is 11.6 Å². The van der Waals surface area contributed by atoms with E-state index in [0.717, 1.165) is 12.1 Å². The molecule has 0 bridgehead atoms. The third-order valence-electron chi connectivity index (χ3n) is 2.38. The van der Waals surface area contributed by atoms with Crippen molar-refractivity contribution in [2.45, 2.75) is 12.5 Å². The van der Waals surface area contributed by atoms with Gasteiger partial charge >= 0.3 is 11.9 Å². The maximum Gasteiger partial charge on any atom is 0.326 e. The minimum absolute atomic E-state index is 0.0265. The van der Waals surface area contributed by atoms with Crippen LogP contribution in [0.5, 0.6) is 0 Å². The van der Waals surface area contributed by atoms with Crippen LogP contribution in [0, 0.1) is 10.1 Å². The van der Waals surface area contributed by atoms with Gasteiger partial charge in [-0.1, -0.05) is 11.6 Å². The van der Waals surface area contributed by atoms with Gasteiger partial charge in [-0.15, -0.1) is 0 Å². The Morgan fingerprint density at radius 3 is 2.43 bits per heavy atom. The molecule has 3 N–H and O–H groups in total. The van der Waals surface area contributed by atoms with Gasteiger partial charge in [0, 0.05) is 11.1 Å². The van der Waals surface area contributed by atoms with Crippen LogP contribution in [0.1, 0.15) is 16.8 Å². The molecule has 1 amide bonds. The van der Waals surface area contributed by atoms with E-state index in [4.69, 9.17) is 21.8 Å². The molecule has 0 fully saturated rings. The Balaban J connectivity index is 3.05. The summed E-state index contributed by atoms with van der Waals surface area (Å²) in [6, 6.07) is 1.50. The van der Waals surface area contributed by atoms with E-state index in [0.29, 0.717) is 0 Å². The average Bonchev–Trinajstić information content (AvgIpc) is 2.36. The zero-order valence-electron chi connectivity index (χ0n) is 10.3. The molecule has 112 valence electrons. The number of nitro benzene ring substituents is 1. The molecule has 1 rings (SSSR count). The largest absolute Gasteiger partial charge is 0.481 e. The first-order chi connectivity index (χ1) is 9.72. The molecule has 0 saturated carbocycles. The van der Waals surface area contributed by atoms with Gasteiger partial charge in [-0.25, -0.2) is 4.79 Å². The minimum atomic E-state index is -1.70. The molecule has 21 heavy (non-hydrogen) atoms. The second kappa shape index (κ2) is 6.66. The van der Waals surface area contributed by atoms with Gasteiger partial charge in [0.2, 0.25) is 0 Å². The first-order valence-corrected chi connectivity index (χ1v) is 5.79. The van der Waals surface area contributed by atoms with Crippen molar-refractivity contribution in [1.29, 1.82) is 0 Å². The van der Waals surface area contributed by atoms with Crippen LogP contribution in [0.4, 0.5) is 5.69 Å². The van der Waals surface area contributed by atoms with Crippen molar-refractivity contribution in [3.8, 4) is 0 Å². The van der Waals surface area contributed by atoms with Gasteiger partial charge in [0.25, 0.3) is 11.6 Å². The summed E-state index contributed by atoms with van der Waals surface area (Å²) >= 11 is 5.58. The van der Waals surface area contributed by atoms with Crippen molar-refractivity contribution in [3.05, 3.63) is 38.9 Å². The summed E-state index contributed by atoms with van der Waals surface area (Å²) in [5, 5.41) is 30.1. The highest BCUT2D eigenvalue weighted by molar-refractivity contribution is 6.31. The van der Waals surface area contributed by atoms with E-state index in [1.807, 2.05) is 5.32 Å². The van der Waals surface area contributed by atoms with E-state index < -0.39 is 46.5 Å². The Morgan fingerprint density at radius 1 is 1.33 bits per heavy atom. The fourth-order valence-corrected chi connectivity index (χ4v) is 1.62. The van der Waals surface area contributed by atoms with Gasteiger partial charge in [-0.2, -0.15) is 0 Å². The van der Waals surface area contributed by atoms with E-state index in [9.17, 15) is 24.5 Å². The number of nitrogens with one attached hydrogen (secondary N) is 1. The Morgan fingerprint density at radius 2 is 1.95 bits per heavy atom. The van der Waals surface area contributed by atoms with Gasteiger partial charge in [0.15, 0.2) is 0 Å². The van der Waals surface area contributed by atoms with Crippen LogP contribution in [0.25, 0.3) is 0 Å². The van der Waals surface area contributed by atoms with Crippen LogP contribution in [-0.4, -0.2) is 39.0 Å². The van der Waals surface area contributed by atoms with Gasteiger partial charge in [0.1, 0.15) is 11.6 Å². The van der Waals surface area contributed by atoms with Crippen LogP contribution in [0.2, 0.25) is 5.02 Å². The molecular formula is C11H9ClN2O7. The zero-order chi connectivity index (χ0) is 16.2. The lowest BCUT2D eigenvalue weighted by atomic mass is 10.1. The maximum absolute atomic E-state index is 11.9. The zero-order valence-corrected chi connectivity index (χ0v) is 11.0. The third kappa shape index (κ3) is 4.42. The molecule has 1 atom stereocenters. The fourth-order valence-electron chi connectivity index (χ4n) is 1.46. The van der Waals surface area contributed by atoms with E-state index in [-0.39, 0.29) is 5.02 Å². The van der Waals surface area contributed by atoms with Crippen LogP contribution in [-0.2, 0) is 9.59 Å². The minimum Gasteiger partial charge on any atom is -0.481 e. The molecule has 0 radical (unpaired) electrons. The molecule has 9 nitrogen and oxygen atoms in total. The number of nitro groups is 1. The number of halogens is 1. The summed E-state index contributed by atoms with van der Waals surface area (Å²) in [7, 11) is 0. The molecule has 0 aliphatic rings. The summed E-state index contributed by atoms with van der Waals surface area (Å²) in [6.07, 6.45) is -0.859. The summed E-state index contributed by atoms with van der Waals surface area (Å²) in [5.41, 5.74) is -1.03. The highest BCUT2D eigenvalue weighted by Gasteiger charge is 2.27. The SMILES string of the molecule is O=C(O)C[C@@H](NC(=O)c1ccc(Cl)cc1[N+](=O)[O-])C(=O)O. The Kier molecular flexibility index (Phi) is 5.19. The monoisotopic (exact) mass is 316 g/mol. The molecule has 0 heterocycles. The van der Waals surface area contributed by atoms with Crippen molar-refractivity contribution in [2.75, 3.05) is 0 Å². The Bertz CT molecular complexity index is 617. The van der Waals surface area contributed by atoms with Crippen molar-refractivity contribution < 1.29 is 29.5 Å². The predicted octanol–water partition coefficient (Wildman–Crippen LogP) is 0.906. The predicted molar refractivity (Wildman–Crippen MR) is 69.2 cm³/mol. The Labute approximate surface area is 122 Å². The number of benzene rings is 1. The summed E-state index contributed by atoms with van der Waals surface area (Å²) in [6.45, 7) is 0. The lowest BCUT2D eigenvalue weighted by molar-refractivity contribution is -0.385. The first kappa shape index (κ1) is 16.4. The van der Waals surface area contributed by atoms with Gasteiger partial charge in [-0.05, 0) is 12.1 Å². The normalized spacial score (nSPS) is 11.5. The van der Waals surface area contributed by atoms with Gasteiger partial charge in [0.05, 0.1) is 11.3 Å². The quantitative estimate of drug-likeness (QED) is 0.521. The third-order valence-corrected chi connectivity index (χ3v) is 2.62. The van der Waals surface area contributed by atoms with Crippen molar-refractivity contribution >= 4 is 35.1 Å². The number of rotatable bonds is 6. The van der Waals surface area contributed by atoms with E-state index in [1.165, 1.54) is 6.07 Å². The summed E-state index contributed by atoms with van der Waals surface area (Å²) in [4.78, 5) is 43.2. The standard InChI is InChI=1S/C11H9ClN2O7/c12-5-1-2-6(8(3-5)14(20)21)10(17)13-7(11(18)19)4-9(15)16/h1-3,7H,4H2,(H,13,17)(H,15,16)(H,18,19)/t7-/m1/s1. The molecular weight excluding hydrogens is 308 g/mol. The molecule has 0 aromatic heterocycles. The molecule has 1 aromatic rings. The topological polar surface area (TPSA) is 147 Å². The number of carbonyl (C=O) groups is 3. The van der Waals surface area contributed by atoms with E-state index >= 15 is 0 Å². The smallest absolute Gasteiger partial charge is 0.326 e. The molecule has 0 aliphatic heterocycles. The average molecular weight is 317 g/mol. The second-order valence-corrected chi connectivity index (χ2v) is 4.32. The van der Waals surface area contributed by atoms with Crippen molar-refractivity contribution in [2.24, 2.45) is 0 Å². The molecule has 0 aliphatic carbocycles. The van der Waals surface area contributed by atoms with Gasteiger partial charge < -0.3 is 15.5 Å². The van der Waals surface area contributed by atoms with Crippen LogP contribution in [0.3, 0.4) is 0 Å². The highest BCUT2D eigenvalue weighted by Crippen LogP contribution is 2.23. The lowest BCUT2D eigenvalue weighted by Crippen LogP contribution is -2.42. The number of carboxylic acid groups (broad SMARTS) is 2. The number of carbonyl (C=O) groups excluding carboxylic acids is 1. The van der Waals surface area contributed by atoms with Crippen LogP contribution in [0.15, 0.2) is 18.2 Å². The number of hydrogen-bond donors (Lipinski definition) is 3. The maximum atomic E-state index is 11.9. The molecule has 10 heteroatoms. The molecule has 1 aromatic carbocycles. The number of amides is 1. The van der Waals surface area contributed by atoms with Crippen LogP contribution < -0.4 is 5.32 Å². The number of nitrogens with zero attached hydrogens (tertiary/aromatic N) is 1. The fraction of sp³-hybridized carbons (Fsp3) is 0.182. The Hall–Kier alpha value is -2.68. The molecule has 0 spiro atoms. The number of aliphatic carboxylic acids is 2. The second-order valence-electron chi connectivity index (χ2n) is 3.88. The van der Waals surface area contributed by atoms with Crippen molar-refractivity contribution in [1.82, 2.24) is 5.32 Å². The number of hydrogen-bond acceptors (Lipinski definition) is 5. The number of carboxylic acids is 2. The van der Waals surface area contributed by atoms with Crippen molar-refractivity contribution in [3.63, 3.8) is 0 Å². The summed E-state index contributed by atoms with van der Waals surface area (Å²) in [5.74, 6) is -4.08. The highest BCUT2D eigenvalue weighted by atomic mass is 35.5. The van der Waals surface area contributed by atoms with E-state index in [2.05, 4.69) is 0 Å². The lowest BCUT2D eigenvalue weighted by Gasteiger charge is -2.12. The molecule has 0 unspecified atom stereocenters. The van der Waals surface area contributed by atoms with E-state index in [1.54, 1.807) is 0 Å². The first-order valence-electron chi connectivity index (χ1n) is 5.41. The molecule has 0 saturated heterocycles. The van der Waals surface area contributed by atoms with Gasteiger partial charge in [-0.3, -0.25) is 19.7 Å². The summed E-state index contributed by atoms with van der Waals surface area (Å²) < 4.78 is 0.